The van der Waals surface area contributed by atoms with Crippen molar-refractivity contribution in [3.63, 3.8) is 0 Å². The smallest absolute Gasteiger partial charge is 0.254 e. The Hall–Kier alpha value is -1.01. The second-order valence-corrected chi connectivity index (χ2v) is 10.7. The van der Waals surface area contributed by atoms with Crippen LogP contribution in [-0.2, 0) is 4.79 Å². The molecule has 4 rings (SSSR count). The summed E-state index contributed by atoms with van der Waals surface area (Å²) < 4.78 is 0.985. The van der Waals surface area contributed by atoms with Crippen LogP contribution in [0.25, 0.3) is 0 Å². The molecule has 1 spiro atoms. The fraction of sp³-hybridized carbons (Fsp3) is 0.636. The molecule has 0 atom stereocenters. The van der Waals surface area contributed by atoms with E-state index in [-0.39, 0.29) is 10.8 Å². The molecule has 6 heteroatoms. The molecule has 0 radical (unpaired) electrons. The minimum Gasteiger partial charge on any atom is -0.342 e. The molecule has 2 aliphatic heterocycles. The van der Waals surface area contributed by atoms with E-state index < -0.39 is 0 Å². The molecule has 1 aromatic carbocycles. The highest BCUT2D eigenvalue weighted by atomic mass is 79.9. The van der Waals surface area contributed by atoms with Crippen LogP contribution < -0.4 is 0 Å². The first-order valence-corrected chi connectivity index (χ1v) is 12.3. The summed E-state index contributed by atoms with van der Waals surface area (Å²) in [5.41, 5.74) is 0.750. The third-order valence-corrected chi connectivity index (χ3v) is 8.73. The van der Waals surface area contributed by atoms with Gasteiger partial charge >= 0.3 is 0 Å². The topological polar surface area (TPSA) is 40.6 Å². The van der Waals surface area contributed by atoms with E-state index in [9.17, 15) is 9.59 Å². The van der Waals surface area contributed by atoms with E-state index in [0.29, 0.717) is 12.3 Å². The number of piperidine rings is 1. The molecular formula is C22H29BrN2O2S. The van der Waals surface area contributed by atoms with Crippen LogP contribution in [0, 0.1) is 5.92 Å². The Balaban J connectivity index is 1.34. The Morgan fingerprint density at radius 1 is 1.07 bits per heavy atom. The van der Waals surface area contributed by atoms with Gasteiger partial charge in [0, 0.05) is 41.8 Å². The highest BCUT2D eigenvalue weighted by Gasteiger charge is 2.47. The van der Waals surface area contributed by atoms with Crippen LogP contribution in [0.15, 0.2) is 28.7 Å². The number of carbonyl (C=O) groups is 2. The third-order valence-electron chi connectivity index (χ3n) is 6.65. The number of benzene rings is 1. The van der Waals surface area contributed by atoms with Crippen LogP contribution in [0.2, 0.25) is 0 Å². The van der Waals surface area contributed by atoms with Gasteiger partial charge < -0.3 is 9.80 Å². The van der Waals surface area contributed by atoms with Crippen molar-refractivity contribution in [2.45, 2.75) is 56.2 Å². The Morgan fingerprint density at radius 2 is 1.75 bits per heavy atom. The van der Waals surface area contributed by atoms with Crippen molar-refractivity contribution in [2.24, 2.45) is 5.92 Å². The number of thioether (sulfide) groups is 1. The largest absolute Gasteiger partial charge is 0.342 e. The highest BCUT2D eigenvalue weighted by Crippen LogP contribution is 2.44. The van der Waals surface area contributed by atoms with Gasteiger partial charge in [-0.2, -0.15) is 0 Å². The predicted molar refractivity (Wildman–Crippen MR) is 117 cm³/mol. The first kappa shape index (κ1) is 20.3. The van der Waals surface area contributed by atoms with E-state index in [0.717, 1.165) is 60.6 Å². The van der Waals surface area contributed by atoms with E-state index in [1.807, 2.05) is 40.9 Å². The minimum absolute atomic E-state index is 0.124. The van der Waals surface area contributed by atoms with Crippen molar-refractivity contribution < 1.29 is 9.59 Å². The van der Waals surface area contributed by atoms with Gasteiger partial charge in [0.15, 0.2) is 0 Å². The summed E-state index contributed by atoms with van der Waals surface area (Å²) in [6.45, 7) is 2.36. The monoisotopic (exact) mass is 464 g/mol. The van der Waals surface area contributed by atoms with Gasteiger partial charge in [-0.3, -0.25) is 9.59 Å². The zero-order valence-electron chi connectivity index (χ0n) is 16.4. The van der Waals surface area contributed by atoms with Crippen molar-refractivity contribution in [1.29, 1.82) is 0 Å². The van der Waals surface area contributed by atoms with Gasteiger partial charge in [0.05, 0.1) is 4.87 Å². The molecule has 2 saturated heterocycles. The first-order chi connectivity index (χ1) is 13.6. The fourth-order valence-electron chi connectivity index (χ4n) is 4.95. The van der Waals surface area contributed by atoms with Crippen molar-refractivity contribution in [2.75, 3.05) is 25.4 Å². The number of likely N-dealkylation sites (tertiary alicyclic amines) is 1. The van der Waals surface area contributed by atoms with E-state index in [1.165, 1.54) is 25.7 Å². The Kier molecular flexibility index (Phi) is 6.36. The van der Waals surface area contributed by atoms with Crippen LogP contribution in [0.4, 0.5) is 0 Å². The number of nitrogens with zero attached hydrogens (tertiary/aromatic N) is 2. The van der Waals surface area contributed by atoms with E-state index >= 15 is 0 Å². The lowest BCUT2D eigenvalue weighted by Gasteiger charge is -2.44. The maximum atomic E-state index is 13.1. The average Bonchev–Trinajstić information content (AvgIpc) is 3.37. The van der Waals surface area contributed by atoms with E-state index in [1.54, 1.807) is 0 Å². The first-order valence-electron chi connectivity index (χ1n) is 10.6. The summed E-state index contributed by atoms with van der Waals surface area (Å²) >= 11 is 5.34. The molecule has 152 valence electrons. The third kappa shape index (κ3) is 4.28. The summed E-state index contributed by atoms with van der Waals surface area (Å²) in [4.78, 5) is 29.8. The molecule has 3 fully saturated rings. The molecule has 1 aromatic rings. The molecule has 1 aliphatic carbocycles. The zero-order valence-corrected chi connectivity index (χ0v) is 18.8. The van der Waals surface area contributed by atoms with Crippen LogP contribution in [-0.4, -0.2) is 51.9 Å². The van der Waals surface area contributed by atoms with E-state index in [4.69, 9.17) is 0 Å². The number of amides is 2. The van der Waals surface area contributed by atoms with Gasteiger partial charge in [0.2, 0.25) is 5.91 Å². The van der Waals surface area contributed by atoms with Crippen molar-refractivity contribution >= 4 is 39.5 Å². The second kappa shape index (κ2) is 8.78. The summed E-state index contributed by atoms with van der Waals surface area (Å²) in [5, 5.41) is 0. The van der Waals surface area contributed by atoms with Gasteiger partial charge in [-0.25, -0.2) is 0 Å². The summed E-state index contributed by atoms with van der Waals surface area (Å²) in [6, 6.07) is 7.64. The number of halogens is 1. The molecule has 0 N–H and O–H groups in total. The van der Waals surface area contributed by atoms with Gasteiger partial charge in [-0.05, 0) is 49.4 Å². The number of hydrogen-bond acceptors (Lipinski definition) is 3. The van der Waals surface area contributed by atoms with Crippen LogP contribution in [0.1, 0.15) is 61.7 Å². The molecule has 3 aliphatic rings. The Morgan fingerprint density at radius 3 is 2.43 bits per heavy atom. The number of rotatable bonds is 4. The average molecular weight is 465 g/mol. The molecule has 28 heavy (non-hydrogen) atoms. The quantitative estimate of drug-likeness (QED) is 0.634. The summed E-state index contributed by atoms with van der Waals surface area (Å²) in [5.74, 6) is 2.19. The maximum absolute atomic E-state index is 13.1. The van der Waals surface area contributed by atoms with Crippen LogP contribution in [0.3, 0.4) is 0 Å². The Labute approximate surface area is 180 Å². The predicted octanol–water partition coefficient (Wildman–Crippen LogP) is 4.93. The van der Waals surface area contributed by atoms with Gasteiger partial charge in [0.25, 0.3) is 5.91 Å². The standard InChI is InChI=1S/C22H29BrN2O2S/c23-19-8-6-18(7-9-19)21(27)25-15-16-28-22(25)11-13-24(14-12-22)20(26)10-5-17-3-1-2-4-17/h6-9,17H,1-5,10-16H2. The lowest BCUT2D eigenvalue weighted by atomic mass is 9.98. The van der Waals surface area contributed by atoms with Crippen LogP contribution >= 0.6 is 27.7 Å². The van der Waals surface area contributed by atoms with Gasteiger partial charge in [-0.1, -0.05) is 41.6 Å². The molecule has 4 nitrogen and oxygen atoms in total. The SMILES string of the molecule is O=C(CCC1CCCC1)N1CCC2(CC1)SCCN2C(=O)c1ccc(Br)cc1. The summed E-state index contributed by atoms with van der Waals surface area (Å²) in [7, 11) is 0. The van der Waals surface area contributed by atoms with Crippen molar-refractivity contribution in [3.05, 3.63) is 34.3 Å². The number of hydrogen-bond donors (Lipinski definition) is 0. The van der Waals surface area contributed by atoms with Gasteiger partial charge in [0.1, 0.15) is 0 Å². The van der Waals surface area contributed by atoms with Crippen molar-refractivity contribution in [3.8, 4) is 0 Å². The molecule has 0 bridgehead atoms. The fourth-order valence-corrected chi connectivity index (χ4v) is 6.67. The second-order valence-electron chi connectivity index (χ2n) is 8.33. The van der Waals surface area contributed by atoms with Crippen molar-refractivity contribution in [1.82, 2.24) is 9.80 Å². The molecule has 1 saturated carbocycles. The maximum Gasteiger partial charge on any atom is 0.254 e. The summed E-state index contributed by atoms with van der Waals surface area (Å²) in [6.07, 6.45) is 8.81. The molecule has 0 unspecified atom stereocenters. The van der Waals surface area contributed by atoms with Crippen LogP contribution in [0.5, 0.6) is 0 Å². The minimum atomic E-state index is -0.133. The molecule has 2 heterocycles. The lowest BCUT2D eigenvalue weighted by molar-refractivity contribution is -0.133. The normalized spacial score (nSPS) is 22.2. The molecular weight excluding hydrogens is 436 g/mol. The van der Waals surface area contributed by atoms with Gasteiger partial charge in [-0.15, -0.1) is 11.8 Å². The van der Waals surface area contributed by atoms with E-state index in [2.05, 4.69) is 20.8 Å². The Bertz CT molecular complexity index is 710. The molecule has 0 aromatic heterocycles. The number of carbonyl (C=O) groups excluding carboxylic acids is 2. The highest BCUT2D eigenvalue weighted by molar-refractivity contribution is 9.10. The zero-order chi connectivity index (χ0) is 19.6. The lowest BCUT2D eigenvalue weighted by Crippen LogP contribution is -2.53. The molecule has 2 amide bonds.